The third-order valence-electron chi connectivity index (χ3n) is 3.80. The van der Waals surface area contributed by atoms with E-state index in [1.54, 1.807) is 12.1 Å². The van der Waals surface area contributed by atoms with Crippen LogP contribution in [0.1, 0.15) is 26.2 Å². The van der Waals surface area contributed by atoms with E-state index in [0.717, 1.165) is 25.9 Å². The highest BCUT2D eigenvalue weighted by Gasteiger charge is 2.21. The molecule has 1 heterocycles. The van der Waals surface area contributed by atoms with E-state index in [2.05, 4.69) is 17.6 Å². The first-order chi connectivity index (χ1) is 9.15. The van der Waals surface area contributed by atoms with Crippen LogP contribution in [0.5, 0.6) is 0 Å². The minimum Gasteiger partial charge on any atom is -0.326 e. The molecule has 0 radical (unpaired) electrons. The molecule has 1 aliphatic heterocycles. The molecule has 1 saturated heterocycles. The lowest BCUT2D eigenvalue weighted by atomic mass is 9.84. The number of amides is 1. The first kappa shape index (κ1) is 16.9. The highest BCUT2D eigenvalue weighted by Crippen LogP contribution is 2.24. The average molecular weight is 301 g/mol. The number of halogens is 2. The van der Waals surface area contributed by atoms with Gasteiger partial charge in [0.2, 0.25) is 5.91 Å². The predicted octanol–water partition coefficient (Wildman–Crippen LogP) is 3.21. The molecule has 0 aliphatic carbocycles. The van der Waals surface area contributed by atoms with Gasteiger partial charge in [0, 0.05) is 12.1 Å². The summed E-state index contributed by atoms with van der Waals surface area (Å²) in [5.74, 6) is 0.621. The van der Waals surface area contributed by atoms with Crippen LogP contribution in [0.4, 0.5) is 10.1 Å². The van der Waals surface area contributed by atoms with Crippen LogP contribution in [0.2, 0.25) is 0 Å². The summed E-state index contributed by atoms with van der Waals surface area (Å²) in [6.45, 7) is 4.21. The molecular formula is C15H22ClFN2O. The summed E-state index contributed by atoms with van der Waals surface area (Å²) in [6, 6.07) is 6.01. The van der Waals surface area contributed by atoms with Gasteiger partial charge in [-0.25, -0.2) is 4.39 Å². The van der Waals surface area contributed by atoms with Gasteiger partial charge < -0.3 is 10.6 Å². The number of benzene rings is 1. The Hall–Kier alpha value is -1.13. The van der Waals surface area contributed by atoms with Crippen molar-refractivity contribution in [2.24, 2.45) is 11.8 Å². The summed E-state index contributed by atoms with van der Waals surface area (Å²) in [7, 11) is 0. The summed E-state index contributed by atoms with van der Waals surface area (Å²) >= 11 is 0. The van der Waals surface area contributed by atoms with Gasteiger partial charge in [0.25, 0.3) is 0 Å². The molecule has 2 rings (SSSR count). The monoisotopic (exact) mass is 300 g/mol. The minimum atomic E-state index is -0.329. The number of hydrogen-bond acceptors (Lipinski definition) is 2. The second-order valence-electron chi connectivity index (χ2n) is 5.33. The number of rotatable bonds is 4. The lowest BCUT2D eigenvalue weighted by Gasteiger charge is -2.27. The molecule has 0 saturated carbocycles. The topological polar surface area (TPSA) is 41.1 Å². The Morgan fingerprint density at radius 1 is 1.45 bits per heavy atom. The van der Waals surface area contributed by atoms with E-state index in [-0.39, 0.29) is 24.1 Å². The molecule has 0 aromatic heterocycles. The zero-order valence-corrected chi connectivity index (χ0v) is 12.5. The fourth-order valence-electron chi connectivity index (χ4n) is 2.65. The average Bonchev–Trinajstić information content (AvgIpc) is 2.39. The summed E-state index contributed by atoms with van der Waals surface area (Å²) in [5.41, 5.74) is 0.530. The fraction of sp³-hybridized carbons (Fsp3) is 0.533. The van der Waals surface area contributed by atoms with Gasteiger partial charge in [0.05, 0.1) is 0 Å². The number of carbonyl (C=O) groups excluding carboxylic acids is 1. The van der Waals surface area contributed by atoms with E-state index in [9.17, 15) is 9.18 Å². The molecule has 2 N–H and O–H groups in total. The van der Waals surface area contributed by atoms with Crippen LogP contribution in [-0.4, -0.2) is 19.0 Å². The summed E-state index contributed by atoms with van der Waals surface area (Å²) in [5, 5.41) is 6.08. The van der Waals surface area contributed by atoms with Gasteiger partial charge >= 0.3 is 0 Å². The van der Waals surface area contributed by atoms with E-state index in [0.29, 0.717) is 23.9 Å². The van der Waals surface area contributed by atoms with Gasteiger partial charge in [0.15, 0.2) is 0 Å². The van der Waals surface area contributed by atoms with Crippen molar-refractivity contribution in [3.63, 3.8) is 0 Å². The van der Waals surface area contributed by atoms with E-state index in [4.69, 9.17) is 0 Å². The maximum Gasteiger partial charge on any atom is 0.224 e. The maximum atomic E-state index is 13.0. The zero-order valence-electron chi connectivity index (χ0n) is 11.7. The SMILES string of the molecule is CC(CC(=O)Nc1cccc(F)c1)C1CCNCC1.Cl. The smallest absolute Gasteiger partial charge is 0.224 e. The molecule has 1 aromatic rings. The molecule has 3 nitrogen and oxygen atoms in total. The van der Waals surface area contributed by atoms with Crippen molar-refractivity contribution in [2.45, 2.75) is 26.2 Å². The van der Waals surface area contributed by atoms with Crippen molar-refractivity contribution in [1.82, 2.24) is 5.32 Å². The van der Waals surface area contributed by atoms with E-state index in [1.165, 1.54) is 12.1 Å². The Morgan fingerprint density at radius 3 is 2.80 bits per heavy atom. The molecule has 1 atom stereocenters. The van der Waals surface area contributed by atoms with Crippen LogP contribution in [0, 0.1) is 17.7 Å². The largest absolute Gasteiger partial charge is 0.326 e. The zero-order chi connectivity index (χ0) is 13.7. The highest BCUT2D eigenvalue weighted by atomic mass is 35.5. The molecular weight excluding hydrogens is 279 g/mol. The third kappa shape index (κ3) is 5.10. The van der Waals surface area contributed by atoms with E-state index in [1.807, 2.05) is 0 Å². The highest BCUT2D eigenvalue weighted by molar-refractivity contribution is 5.90. The predicted molar refractivity (Wildman–Crippen MR) is 81.7 cm³/mol. The number of hydrogen-bond donors (Lipinski definition) is 2. The standard InChI is InChI=1S/C15H21FN2O.ClH/c1-11(12-5-7-17-8-6-12)9-15(19)18-14-4-2-3-13(16)10-14;/h2-4,10-12,17H,5-9H2,1H3,(H,18,19);1H. The molecule has 0 bridgehead atoms. The van der Waals surface area contributed by atoms with Crippen LogP contribution < -0.4 is 10.6 Å². The Bertz CT molecular complexity index is 436. The van der Waals surface area contributed by atoms with Crippen LogP contribution in [0.3, 0.4) is 0 Å². The molecule has 20 heavy (non-hydrogen) atoms. The minimum absolute atomic E-state index is 0. The van der Waals surface area contributed by atoms with E-state index >= 15 is 0 Å². The second-order valence-corrected chi connectivity index (χ2v) is 5.33. The summed E-state index contributed by atoms with van der Waals surface area (Å²) in [6.07, 6.45) is 2.77. The first-order valence-corrected chi connectivity index (χ1v) is 6.91. The van der Waals surface area contributed by atoms with Crippen LogP contribution in [0.25, 0.3) is 0 Å². The third-order valence-corrected chi connectivity index (χ3v) is 3.80. The number of piperidine rings is 1. The van der Waals surface area contributed by atoms with Crippen LogP contribution in [0.15, 0.2) is 24.3 Å². The van der Waals surface area contributed by atoms with Crippen LogP contribution in [-0.2, 0) is 4.79 Å². The molecule has 1 amide bonds. The molecule has 1 fully saturated rings. The van der Waals surface area contributed by atoms with Crippen molar-refractivity contribution < 1.29 is 9.18 Å². The van der Waals surface area contributed by atoms with Gasteiger partial charge in [-0.15, -0.1) is 12.4 Å². The van der Waals surface area contributed by atoms with Gasteiger partial charge in [0.1, 0.15) is 5.82 Å². The molecule has 112 valence electrons. The first-order valence-electron chi connectivity index (χ1n) is 6.91. The molecule has 1 aliphatic rings. The van der Waals surface area contributed by atoms with E-state index < -0.39 is 0 Å². The molecule has 0 spiro atoms. The quantitative estimate of drug-likeness (QED) is 0.896. The molecule has 5 heteroatoms. The van der Waals surface area contributed by atoms with Crippen LogP contribution >= 0.6 is 12.4 Å². The Balaban J connectivity index is 0.00000200. The lowest BCUT2D eigenvalue weighted by molar-refractivity contribution is -0.117. The van der Waals surface area contributed by atoms with Crippen molar-refractivity contribution in [1.29, 1.82) is 0 Å². The maximum absolute atomic E-state index is 13.0. The number of anilines is 1. The van der Waals surface area contributed by atoms with Gasteiger partial charge in [-0.1, -0.05) is 13.0 Å². The lowest BCUT2D eigenvalue weighted by Crippen LogP contribution is -2.32. The number of nitrogens with one attached hydrogen (secondary N) is 2. The van der Waals surface area contributed by atoms with Crippen molar-refractivity contribution in [2.75, 3.05) is 18.4 Å². The Kier molecular flexibility index (Phi) is 6.96. The Morgan fingerprint density at radius 2 is 2.15 bits per heavy atom. The van der Waals surface area contributed by atoms with Gasteiger partial charge in [-0.2, -0.15) is 0 Å². The van der Waals surface area contributed by atoms with Crippen molar-refractivity contribution in [3.05, 3.63) is 30.1 Å². The summed E-state index contributed by atoms with van der Waals surface area (Å²) < 4.78 is 13.0. The fourth-order valence-corrected chi connectivity index (χ4v) is 2.65. The van der Waals surface area contributed by atoms with Crippen molar-refractivity contribution >= 4 is 24.0 Å². The normalized spacial score (nSPS) is 17.1. The van der Waals surface area contributed by atoms with Gasteiger partial charge in [-0.3, -0.25) is 4.79 Å². The van der Waals surface area contributed by atoms with Crippen molar-refractivity contribution in [3.8, 4) is 0 Å². The molecule has 1 aromatic carbocycles. The number of carbonyl (C=O) groups is 1. The van der Waals surface area contributed by atoms with Gasteiger partial charge in [-0.05, 0) is 56.0 Å². The summed E-state index contributed by atoms with van der Waals surface area (Å²) in [4.78, 5) is 11.9. The Labute approximate surface area is 125 Å². The second kappa shape index (κ2) is 8.22. The molecule has 1 unspecified atom stereocenters.